The van der Waals surface area contributed by atoms with Crippen LogP contribution in [0.15, 0.2) is 18.2 Å². The Bertz CT molecular complexity index is 477. The molecule has 3 rings (SSSR count). The Hall–Kier alpha value is -1.58. The molecule has 1 saturated carbocycles. The average Bonchev–Trinajstić information content (AvgIpc) is 2.57. The molecule has 1 N–H and O–H groups in total. The number of rotatable bonds is 3. The molecule has 0 bridgehead atoms. The van der Waals surface area contributed by atoms with Crippen molar-refractivity contribution in [2.45, 2.75) is 57.4 Å². The van der Waals surface area contributed by atoms with Gasteiger partial charge in [-0.2, -0.15) is 0 Å². The minimum Gasteiger partial charge on any atom is -0.357 e. The Balaban J connectivity index is 1.65. The highest BCUT2D eigenvalue weighted by atomic mass is 16.1. The summed E-state index contributed by atoms with van der Waals surface area (Å²) in [5.74, 6) is 0.937. The van der Waals surface area contributed by atoms with Crippen LogP contribution in [0.4, 0.5) is 5.82 Å². The molecule has 114 valence electrons. The molecule has 4 heteroatoms. The van der Waals surface area contributed by atoms with Gasteiger partial charge in [-0.05, 0) is 44.2 Å². The van der Waals surface area contributed by atoms with Crippen molar-refractivity contribution in [1.29, 1.82) is 0 Å². The second-order valence-electron chi connectivity index (χ2n) is 6.24. The minimum atomic E-state index is -0.0132. The summed E-state index contributed by atoms with van der Waals surface area (Å²) in [4.78, 5) is 19.2. The molecule has 2 aliphatic rings. The second kappa shape index (κ2) is 6.92. The monoisotopic (exact) mass is 287 g/mol. The first-order valence-electron chi connectivity index (χ1n) is 8.36. The molecule has 21 heavy (non-hydrogen) atoms. The van der Waals surface area contributed by atoms with Crippen molar-refractivity contribution in [3.63, 3.8) is 0 Å². The van der Waals surface area contributed by atoms with Crippen LogP contribution >= 0.6 is 0 Å². The molecular formula is C17H25N3O. The van der Waals surface area contributed by atoms with Crippen molar-refractivity contribution >= 4 is 11.7 Å². The SMILES string of the molecule is O=C(NC1CCCCC1)c1cccc(N2CCCCC2)n1. The Labute approximate surface area is 126 Å². The summed E-state index contributed by atoms with van der Waals surface area (Å²) in [5.41, 5.74) is 0.559. The van der Waals surface area contributed by atoms with Gasteiger partial charge in [-0.3, -0.25) is 4.79 Å². The summed E-state index contributed by atoms with van der Waals surface area (Å²) in [7, 11) is 0. The van der Waals surface area contributed by atoms with Crippen molar-refractivity contribution in [1.82, 2.24) is 10.3 Å². The first-order valence-corrected chi connectivity index (χ1v) is 8.36. The summed E-state index contributed by atoms with van der Waals surface area (Å²) in [5, 5.41) is 3.15. The summed E-state index contributed by atoms with van der Waals surface area (Å²) in [6.45, 7) is 2.11. The molecule has 1 aliphatic heterocycles. The van der Waals surface area contributed by atoms with Crippen LogP contribution in [0.1, 0.15) is 61.9 Å². The average molecular weight is 287 g/mol. The van der Waals surface area contributed by atoms with E-state index in [0.29, 0.717) is 11.7 Å². The number of carbonyl (C=O) groups is 1. The predicted octanol–water partition coefficient (Wildman–Crippen LogP) is 3.13. The lowest BCUT2D eigenvalue weighted by Crippen LogP contribution is -2.37. The van der Waals surface area contributed by atoms with E-state index in [-0.39, 0.29) is 5.91 Å². The molecule has 1 aromatic heterocycles. The minimum absolute atomic E-state index is 0.0132. The number of anilines is 1. The third-order valence-corrected chi connectivity index (χ3v) is 4.59. The van der Waals surface area contributed by atoms with Crippen molar-refractivity contribution in [2.75, 3.05) is 18.0 Å². The van der Waals surface area contributed by atoms with E-state index in [1.807, 2.05) is 18.2 Å². The fourth-order valence-corrected chi connectivity index (χ4v) is 3.36. The summed E-state index contributed by atoms with van der Waals surface area (Å²) >= 11 is 0. The van der Waals surface area contributed by atoms with Crippen molar-refractivity contribution in [3.05, 3.63) is 23.9 Å². The van der Waals surface area contributed by atoms with E-state index in [1.54, 1.807) is 0 Å². The van der Waals surface area contributed by atoms with E-state index in [4.69, 9.17) is 0 Å². The first-order chi connectivity index (χ1) is 10.3. The second-order valence-corrected chi connectivity index (χ2v) is 6.24. The van der Waals surface area contributed by atoms with E-state index >= 15 is 0 Å². The maximum Gasteiger partial charge on any atom is 0.270 e. The number of piperidine rings is 1. The van der Waals surface area contributed by atoms with Crippen molar-refractivity contribution < 1.29 is 4.79 Å². The van der Waals surface area contributed by atoms with Gasteiger partial charge in [0.05, 0.1) is 0 Å². The molecule has 0 atom stereocenters. The molecule has 0 unspecified atom stereocenters. The number of pyridine rings is 1. The molecule has 0 radical (unpaired) electrons. The third kappa shape index (κ3) is 3.74. The van der Waals surface area contributed by atoms with Gasteiger partial charge in [0, 0.05) is 19.1 Å². The number of hydrogen-bond donors (Lipinski definition) is 1. The van der Waals surface area contributed by atoms with E-state index in [0.717, 1.165) is 31.7 Å². The smallest absolute Gasteiger partial charge is 0.270 e. The maximum atomic E-state index is 12.4. The largest absolute Gasteiger partial charge is 0.357 e. The molecule has 2 heterocycles. The molecule has 2 fully saturated rings. The number of aromatic nitrogens is 1. The molecule has 1 amide bonds. The van der Waals surface area contributed by atoms with Gasteiger partial charge in [0.15, 0.2) is 0 Å². The number of amides is 1. The van der Waals surface area contributed by atoms with Crippen LogP contribution in [0.2, 0.25) is 0 Å². The van der Waals surface area contributed by atoms with Gasteiger partial charge in [-0.1, -0.05) is 25.3 Å². The Kier molecular flexibility index (Phi) is 4.73. The Morgan fingerprint density at radius 1 is 1.05 bits per heavy atom. The highest BCUT2D eigenvalue weighted by Crippen LogP contribution is 2.19. The number of hydrogen-bond acceptors (Lipinski definition) is 3. The molecular weight excluding hydrogens is 262 g/mol. The highest BCUT2D eigenvalue weighted by Gasteiger charge is 2.18. The number of carbonyl (C=O) groups excluding carboxylic acids is 1. The van der Waals surface area contributed by atoms with E-state index in [1.165, 1.54) is 38.5 Å². The normalized spacial score (nSPS) is 20.3. The zero-order valence-corrected chi connectivity index (χ0v) is 12.7. The van der Waals surface area contributed by atoms with Crippen LogP contribution in [0.5, 0.6) is 0 Å². The lowest BCUT2D eigenvalue weighted by Gasteiger charge is -2.28. The number of nitrogens with one attached hydrogen (secondary N) is 1. The van der Waals surface area contributed by atoms with Gasteiger partial charge in [0.25, 0.3) is 5.91 Å². The zero-order chi connectivity index (χ0) is 14.5. The zero-order valence-electron chi connectivity index (χ0n) is 12.7. The van der Waals surface area contributed by atoms with Crippen LogP contribution in [0.3, 0.4) is 0 Å². The third-order valence-electron chi connectivity index (χ3n) is 4.59. The summed E-state index contributed by atoms with van der Waals surface area (Å²) < 4.78 is 0. The van der Waals surface area contributed by atoms with E-state index in [9.17, 15) is 4.79 Å². The standard InChI is InChI=1S/C17H25N3O/c21-17(18-14-8-3-1-4-9-14)15-10-7-11-16(19-15)20-12-5-2-6-13-20/h7,10-11,14H,1-6,8-9,12-13H2,(H,18,21). The Morgan fingerprint density at radius 3 is 2.52 bits per heavy atom. The summed E-state index contributed by atoms with van der Waals surface area (Å²) in [6.07, 6.45) is 9.72. The molecule has 1 aromatic rings. The van der Waals surface area contributed by atoms with Crippen LogP contribution < -0.4 is 10.2 Å². The van der Waals surface area contributed by atoms with Gasteiger partial charge in [0.1, 0.15) is 11.5 Å². The molecule has 4 nitrogen and oxygen atoms in total. The van der Waals surface area contributed by atoms with Crippen molar-refractivity contribution in [2.24, 2.45) is 0 Å². The topological polar surface area (TPSA) is 45.2 Å². The predicted molar refractivity (Wildman–Crippen MR) is 84.6 cm³/mol. The molecule has 0 aromatic carbocycles. The van der Waals surface area contributed by atoms with Crippen LogP contribution in [-0.2, 0) is 0 Å². The number of nitrogens with zero attached hydrogens (tertiary/aromatic N) is 2. The molecule has 1 saturated heterocycles. The van der Waals surface area contributed by atoms with E-state index < -0.39 is 0 Å². The van der Waals surface area contributed by atoms with Crippen LogP contribution in [0.25, 0.3) is 0 Å². The summed E-state index contributed by atoms with van der Waals surface area (Å²) in [6, 6.07) is 6.13. The lowest BCUT2D eigenvalue weighted by molar-refractivity contribution is 0.0922. The fourth-order valence-electron chi connectivity index (χ4n) is 3.36. The first kappa shape index (κ1) is 14.4. The Morgan fingerprint density at radius 2 is 1.76 bits per heavy atom. The maximum absolute atomic E-state index is 12.4. The fraction of sp³-hybridized carbons (Fsp3) is 0.647. The van der Waals surface area contributed by atoms with Crippen molar-refractivity contribution in [3.8, 4) is 0 Å². The van der Waals surface area contributed by atoms with Crippen LogP contribution in [0, 0.1) is 0 Å². The quantitative estimate of drug-likeness (QED) is 0.929. The molecule has 0 spiro atoms. The molecule has 1 aliphatic carbocycles. The van der Waals surface area contributed by atoms with Gasteiger partial charge in [-0.15, -0.1) is 0 Å². The van der Waals surface area contributed by atoms with Gasteiger partial charge < -0.3 is 10.2 Å². The lowest BCUT2D eigenvalue weighted by atomic mass is 9.95. The highest BCUT2D eigenvalue weighted by molar-refractivity contribution is 5.92. The van der Waals surface area contributed by atoms with Gasteiger partial charge in [0.2, 0.25) is 0 Å². The van der Waals surface area contributed by atoms with Gasteiger partial charge >= 0.3 is 0 Å². The van der Waals surface area contributed by atoms with E-state index in [2.05, 4.69) is 15.2 Å². The van der Waals surface area contributed by atoms with Crippen LogP contribution in [-0.4, -0.2) is 30.0 Å². The van der Waals surface area contributed by atoms with Gasteiger partial charge in [-0.25, -0.2) is 4.98 Å².